The molecule has 2 atom stereocenters. The summed E-state index contributed by atoms with van der Waals surface area (Å²) in [6, 6.07) is 48.0. The number of pyridine rings is 2. The first kappa shape index (κ1) is 38.2. The van der Waals surface area contributed by atoms with E-state index < -0.39 is 8.07 Å². The van der Waals surface area contributed by atoms with Gasteiger partial charge in [-0.1, -0.05) is 133 Å². The van der Waals surface area contributed by atoms with Crippen LogP contribution in [-0.2, 0) is 31.9 Å². The van der Waals surface area contributed by atoms with Gasteiger partial charge in [-0.05, 0) is 96.9 Å². The van der Waals surface area contributed by atoms with Gasteiger partial charge in [0.2, 0.25) is 0 Å². The fraction of sp³-hybridized carbons (Fsp3) is 0.255. The monoisotopic (exact) mass is 926 g/mol. The molecule has 4 heterocycles. The van der Waals surface area contributed by atoms with E-state index in [2.05, 4.69) is 176 Å². The van der Waals surface area contributed by atoms with Gasteiger partial charge in [0.05, 0.1) is 0 Å². The molecule has 56 heavy (non-hydrogen) atoms. The summed E-state index contributed by atoms with van der Waals surface area (Å²) < 4.78 is 0. The number of anilines is 3. The fourth-order valence-electron chi connectivity index (χ4n) is 9.25. The van der Waals surface area contributed by atoms with Crippen LogP contribution < -0.4 is 20.6 Å². The zero-order valence-corrected chi connectivity index (χ0v) is 36.9. The van der Waals surface area contributed by atoms with Gasteiger partial charge in [0.15, 0.2) is 8.07 Å². The van der Waals surface area contributed by atoms with Gasteiger partial charge in [-0.25, -0.2) is 0 Å². The molecule has 0 bridgehead atoms. The Morgan fingerprint density at radius 3 is 2.21 bits per heavy atom. The molecule has 3 nitrogen and oxygen atoms in total. The second-order valence-corrected chi connectivity index (χ2v) is 21.8. The molecule has 1 aliphatic carbocycles. The molecule has 0 saturated carbocycles. The number of para-hydroxylation sites is 1. The zero-order chi connectivity index (χ0) is 38.3. The van der Waals surface area contributed by atoms with Crippen LogP contribution in [0, 0.1) is 23.5 Å². The van der Waals surface area contributed by atoms with Crippen LogP contribution in [0.2, 0.25) is 0 Å². The van der Waals surface area contributed by atoms with E-state index in [1.165, 1.54) is 43.4 Å². The molecule has 6 aromatic rings. The molecule has 282 valence electrons. The molecule has 0 fully saturated rings. The van der Waals surface area contributed by atoms with Crippen molar-refractivity contribution in [2.75, 3.05) is 4.90 Å². The number of benzene rings is 4. The van der Waals surface area contributed by atoms with Crippen LogP contribution >= 0.6 is 0 Å². The second kappa shape index (κ2) is 13.8. The van der Waals surface area contributed by atoms with Crippen molar-refractivity contribution in [3.8, 4) is 11.3 Å². The summed E-state index contributed by atoms with van der Waals surface area (Å²) in [7, 11) is -2.93. The third-order valence-corrected chi connectivity index (χ3v) is 17.1. The third-order valence-electron chi connectivity index (χ3n) is 12.4. The number of nitrogens with zero attached hydrogens (tertiary/aromatic N) is 3. The SMILES string of the molecule is CC(C)(C)c1ccc2c(c1)C1=CC(C(C)(C)C)CC=C1[Si]2(c1[c-]c(N2c3[c-]c(-c4ccccn4)ccc3C(C)(C)c3ccccc32)ccc1)c1ccccn1.[Pt+2]. The summed E-state index contributed by atoms with van der Waals surface area (Å²) >= 11 is 0. The van der Waals surface area contributed by atoms with Gasteiger partial charge in [0.1, 0.15) is 0 Å². The number of hydrogen-bond acceptors (Lipinski definition) is 3. The van der Waals surface area contributed by atoms with Crippen molar-refractivity contribution in [2.45, 2.75) is 72.6 Å². The molecular weight excluding hydrogens is 878 g/mol. The summed E-state index contributed by atoms with van der Waals surface area (Å²) in [6.45, 7) is 18.7. The van der Waals surface area contributed by atoms with E-state index in [0.29, 0.717) is 5.92 Å². The van der Waals surface area contributed by atoms with E-state index in [0.717, 1.165) is 40.1 Å². The summed E-state index contributed by atoms with van der Waals surface area (Å²) in [5.41, 5.74) is 11.7. The van der Waals surface area contributed by atoms with Crippen LogP contribution in [0.3, 0.4) is 0 Å². The minimum absolute atomic E-state index is 0. The van der Waals surface area contributed by atoms with E-state index in [1.807, 2.05) is 30.6 Å². The predicted octanol–water partition coefficient (Wildman–Crippen LogP) is 10.5. The van der Waals surface area contributed by atoms with Gasteiger partial charge in [-0.2, -0.15) is 23.4 Å². The van der Waals surface area contributed by atoms with E-state index >= 15 is 0 Å². The first-order valence-corrected chi connectivity index (χ1v) is 21.7. The maximum absolute atomic E-state index is 5.26. The fourth-order valence-corrected chi connectivity index (χ4v) is 14.2. The largest absolute Gasteiger partial charge is 2.00 e. The average molecular weight is 927 g/mol. The molecular formula is C51H49N3PtSi. The zero-order valence-electron chi connectivity index (χ0n) is 33.6. The van der Waals surface area contributed by atoms with Crippen LogP contribution in [0.25, 0.3) is 16.8 Å². The van der Waals surface area contributed by atoms with E-state index in [9.17, 15) is 0 Å². The molecule has 0 radical (unpaired) electrons. The molecule has 0 amide bonds. The predicted molar refractivity (Wildman–Crippen MR) is 232 cm³/mol. The van der Waals surface area contributed by atoms with Gasteiger partial charge in [-0.15, -0.1) is 29.8 Å². The minimum Gasteiger partial charge on any atom is -0.352 e. The van der Waals surface area contributed by atoms with Crippen LogP contribution in [-0.4, -0.2) is 18.0 Å². The Hall–Kier alpha value is -4.63. The summed E-state index contributed by atoms with van der Waals surface area (Å²) in [5, 5.41) is 5.23. The summed E-state index contributed by atoms with van der Waals surface area (Å²) in [4.78, 5) is 12.4. The van der Waals surface area contributed by atoms with E-state index in [4.69, 9.17) is 9.97 Å². The van der Waals surface area contributed by atoms with Crippen molar-refractivity contribution >= 4 is 46.4 Å². The van der Waals surface area contributed by atoms with Crippen molar-refractivity contribution in [1.29, 1.82) is 0 Å². The Morgan fingerprint density at radius 2 is 1.50 bits per heavy atom. The number of hydrogen-bond donors (Lipinski definition) is 0. The van der Waals surface area contributed by atoms with E-state index in [1.54, 1.807) is 0 Å². The molecule has 0 spiro atoms. The first-order chi connectivity index (χ1) is 26.3. The normalized spacial score (nSPS) is 19.4. The Balaban J connectivity index is 0.00000441. The van der Waals surface area contributed by atoms with E-state index in [-0.39, 0.29) is 37.3 Å². The Labute approximate surface area is 348 Å². The molecule has 4 aromatic carbocycles. The molecule has 2 unspecified atom stereocenters. The van der Waals surface area contributed by atoms with Crippen molar-refractivity contribution in [2.24, 2.45) is 11.3 Å². The summed E-state index contributed by atoms with van der Waals surface area (Å²) in [5.74, 6) is 0.440. The third kappa shape index (κ3) is 5.95. The van der Waals surface area contributed by atoms with Crippen molar-refractivity contribution in [1.82, 2.24) is 9.97 Å². The molecule has 3 aliphatic rings. The van der Waals surface area contributed by atoms with Crippen LogP contribution in [0.1, 0.15) is 84.1 Å². The van der Waals surface area contributed by atoms with Crippen LogP contribution in [0.5, 0.6) is 0 Å². The number of allylic oxidation sites excluding steroid dienone is 4. The van der Waals surface area contributed by atoms with Gasteiger partial charge < -0.3 is 9.88 Å². The smallest absolute Gasteiger partial charge is 0.352 e. The van der Waals surface area contributed by atoms with Crippen molar-refractivity contribution < 1.29 is 21.1 Å². The van der Waals surface area contributed by atoms with Gasteiger partial charge >= 0.3 is 21.1 Å². The number of rotatable bonds is 4. The quantitative estimate of drug-likeness (QED) is 0.130. The summed E-state index contributed by atoms with van der Waals surface area (Å²) in [6.07, 6.45) is 10.0. The van der Waals surface area contributed by atoms with Crippen molar-refractivity contribution in [3.63, 3.8) is 0 Å². The molecule has 0 saturated heterocycles. The standard InChI is InChI=1S/C51H49N3Si.Pt/c1-49(2,3)35-23-26-46-39(31-35)40-32-36(50(4,5)6)24-27-47(40)55(46,48-21-12-14-29-53-48)38-17-15-16-37(33-38)54-44-20-10-9-18-41(44)51(7,8)42-25-22-34(30-45(42)54)43-19-11-13-28-52-43;/h9-23,25-29,31-32,36H,24H2,1-8H3;/q-2;+2. The van der Waals surface area contributed by atoms with Crippen molar-refractivity contribution in [3.05, 3.63) is 173 Å². The van der Waals surface area contributed by atoms with Gasteiger partial charge in [0, 0.05) is 23.4 Å². The molecule has 0 N–H and O–H groups in total. The Morgan fingerprint density at radius 1 is 0.750 bits per heavy atom. The van der Waals surface area contributed by atoms with Crippen LogP contribution in [0.4, 0.5) is 17.1 Å². The molecule has 2 aromatic heterocycles. The Bertz CT molecular complexity index is 2520. The maximum atomic E-state index is 5.26. The van der Waals surface area contributed by atoms with Gasteiger partial charge in [0.25, 0.3) is 0 Å². The first-order valence-electron chi connectivity index (χ1n) is 19.7. The van der Waals surface area contributed by atoms with Gasteiger partial charge in [-0.3, -0.25) is 4.98 Å². The average Bonchev–Trinajstić information content (AvgIpc) is 3.48. The molecule has 2 aliphatic heterocycles. The van der Waals surface area contributed by atoms with Crippen LogP contribution in [0.15, 0.2) is 139 Å². The second-order valence-electron chi connectivity index (χ2n) is 18.2. The number of fused-ring (bicyclic) bond motifs is 5. The molecule has 5 heteroatoms. The number of aromatic nitrogens is 2. The Kier molecular flexibility index (Phi) is 9.41. The minimum atomic E-state index is -2.93. The molecule has 9 rings (SSSR count). The topological polar surface area (TPSA) is 29.0 Å². The maximum Gasteiger partial charge on any atom is 2.00 e.